The van der Waals surface area contributed by atoms with E-state index in [-0.39, 0.29) is 17.0 Å². The smallest absolute Gasteiger partial charge is 0.343 e. The van der Waals surface area contributed by atoms with Crippen molar-refractivity contribution in [1.29, 1.82) is 0 Å². The first-order valence-electron chi connectivity index (χ1n) is 12.4. The van der Waals surface area contributed by atoms with Crippen LogP contribution in [0.1, 0.15) is 26.3 Å². The number of rotatable bonds is 8. The average molecular weight is 547 g/mol. The molecule has 0 radical (unpaired) electrons. The zero-order valence-corrected chi connectivity index (χ0v) is 21.7. The second-order valence-electron chi connectivity index (χ2n) is 8.77. The van der Waals surface area contributed by atoms with Crippen molar-refractivity contribution >= 4 is 34.7 Å². The summed E-state index contributed by atoms with van der Waals surface area (Å²) in [4.78, 5) is 40.5. The maximum Gasteiger partial charge on any atom is 0.343 e. The van der Waals surface area contributed by atoms with E-state index in [2.05, 4.69) is 10.5 Å². The fourth-order valence-electron chi connectivity index (χ4n) is 4.01. The highest BCUT2D eigenvalue weighted by Crippen LogP contribution is 2.28. The van der Waals surface area contributed by atoms with E-state index in [0.717, 1.165) is 5.56 Å². The molecule has 10 nitrogen and oxygen atoms in total. The van der Waals surface area contributed by atoms with Crippen molar-refractivity contribution in [3.05, 3.63) is 130 Å². The van der Waals surface area contributed by atoms with Gasteiger partial charge < -0.3 is 9.47 Å². The molecule has 202 valence electrons. The van der Waals surface area contributed by atoms with Gasteiger partial charge in [-0.2, -0.15) is 5.10 Å². The Kier molecular flexibility index (Phi) is 7.73. The fraction of sp³-hybridized carbons (Fsp3) is 0.0323. The number of aromatic nitrogens is 1. The Morgan fingerprint density at radius 2 is 1.61 bits per heavy atom. The summed E-state index contributed by atoms with van der Waals surface area (Å²) in [6.07, 6.45) is 1.46. The molecule has 1 amide bonds. The van der Waals surface area contributed by atoms with Gasteiger partial charge in [-0.25, -0.2) is 15.2 Å². The van der Waals surface area contributed by atoms with Gasteiger partial charge in [0.25, 0.3) is 11.6 Å². The van der Waals surface area contributed by atoms with Gasteiger partial charge in [0.05, 0.1) is 40.6 Å². The normalized spacial score (nSPS) is 10.9. The van der Waals surface area contributed by atoms with Crippen molar-refractivity contribution in [2.75, 3.05) is 7.11 Å². The Bertz CT molecular complexity index is 1770. The molecule has 5 rings (SSSR count). The number of fused-ring (bicyclic) bond motifs is 1. The molecule has 10 heteroatoms. The van der Waals surface area contributed by atoms with E-state index in [1.54, 1.807) is 55.6 Å². The number of nitro groups is 1. The minimum atomic E-state index is -0.648. The van der Waals surface area contributed by atoms with Gasteiger partial charge in [0.1, 0.15) is 11.5 Å². The van der Waals surface area contributed by atoms with Gasteiger partial charge in [-0.3, -0.25) is 14.9 Å². The van der Waals surface area contributed by atoms with Gasteiger partial charge >= 0.3 is 5.97 Å². The van der Waals surface area contributed by atoms with E-state index in [1.165, 1.54) is 30.5 Å². The van der Waals surface area contributed by atoms with E-state index >= 15 is 0 Å². The number of amides is 1. The number of nitrogens with one attached hydrogen (secondary N) is 1. The molecule has 5 aromatic rings. The van der Waals surface area contributed by atoms with E-state index in [1.807, 2.05) is 30.3 Å². The monoisotopic (exact) mass is 546 g/mol. The molecule has 0 aliphatic rings. The number of esters is 1. The molecule has 4 aromatic carbocycles. The Morgan fingerprint density at radius 1 is 0.902 bits per heavy atom. The van der Waals surface area contributed by atoms with Crippen molar-refractivity contribution in [1.82, 2.24) is 10.4 Å². The molecule has 0 saturated carbocycles. The molecule has 0 saturated heterocycles. The predicted octanol–water partition coefficient (Wildman–Crippen LogP) is 5.80. The summed E-state index contributed by atoms with van der Waals surface area (Å²) in [5.74, 6) is -0.198. The third-order valence-electron chi connectivity index (χ3n) is 6.11. The van der Waals surface area contributed by atoms with Crippen LogP contribution in [0, 0.1) is 10.1 Å². The van der Waals surface area contributed by atoms with Crippen LogP contribution in [0.4, 0.5) is 5.69 Å². The molecule has 1 aromatic heterocycles. The lowest BCUT2D eigenvalue weighted by molar-refractivity contribution is -0.384. The van der Waals surface area contributed by atoms with Crippen LogP contribution >= 0.6 is 0 Å². The second kappa shape index (κ2) is 11.9. The Labute approximate surface area is 234 Å². The third kappa shape index (κ3) is 6.23. The maximum absolute atomic E-state index is 13.2. The molecule has 0 aliphatic heterocycles. The largest absolute Gasteiger partial charge is 0.497 e. The molecule has 0 aliphatic carbocycles. The first-order chi connectivity index (χ1) is 19.9. The topological polar surface area (TPSA) is 133 Å². The number of hydrogen-bond acceptors (Lipinski definition) is 8. The lowest BCUT2D eigenvalue weighted by Gasteiger charge is -2.10. The minimum absolute atomic E-state index is 0.120. The summed E-state index contributed by atoms with van der Waals surface area (Å²) in [7, 11) is 1.55. The van der Waals surface area contributed by atoms with Crippen molar-refractivity contribution < 1.29 is 24.0 Å². The van der Waals surface area contributed by atoms with Crippen LogP contribution in [-0.2, 0) is 0 Å². The van der Waals surface area contributed by atoms with Crippen LogP contribution in [-0.4, -0.2) is 35.1 Å². The zero-order valence-electron chi connectivity index (χ0n) is 21.7. The van der Waals surface area contributed by atoms with Crippen LogP contribution in [0.15, 0.2) is 108 Å². The number of hydrazone groups is 1. The number of nitrogens with zero attached hydrogens (tertiary/aromatic N) is 3. The Hall–Kier alpha value is -5.90. The third-order valence-corrected chi connectivity index (χ3v) is 6.11. The summed E-state index contributed by atoms with van der Waals surface area (Å²) >= 11 is 0. The van der Waals surface area contributed by atoms with Crippen LogP contribution < -0.4 is 14.9 Å². The molecule has 1 heterocycles. The SMILES string of the molecule is COc1ccc2nc(-c3ccccc3)cc(C(=O)NN=Cc3ccc(OC(=O)c4ccc([N+](=O)[O-])cc4)cc3)c2c1. The average Bonchev–Trinajstić information content (AvgIpc) is 3.01. The molecule has 0 bridgehead atoms. The highest BCUT2D eigenvalue weighted by atomic mass is 16.6. The number of non-ortho nitro benzene ring substituents is 1. The van der Waals surface area contributed by atoms with Gasteiger partial charge in [0.2, 0.25) is 0 Å². The number of pyridine rings is 1. The van der Waals surface area contributed by atoms with Crippen LogP contribution in [0.3, 0.4) is 0 Å². The number of ether oxygens (including phenoxy) is 2. The highest BCUT2D eigenvalue weighted by molar-refractivity contribution is 6.07. The summed E-state index contributed by atoms with van der Waals surface area (Å²) in [6.45, 7) is 0. The molecule has 1 N–H and O–H groups in total. The van der Waals surface area contributed by atoms with Gasteiger partial charge in [0, 0.05) is 23.1 Å². The summed E-state index contributed by atoms with van der Waals surface area (Å²) in [5, 5.41) is 15.5. The van der Waals surface area contributed by atoms with Gasteiger partial charge in [-0.05, 0) is 66.2 Å². The molecule has 41 heavy (non-hydrogen) atoms. The minimum Gasteiger partial charge on any atom is -0.497 e. The number of nitro benzene ring substituents is 1. The Morgan fingerprint density at radius 3 is 2.29 bits per heavy atom. The highest BCUT2D eigenvalue weighted by Gasteiger charge is 2.15. The molecular formula is C31H22N4O6. The number of methoxy groups -OCH3 is 1. The molecular weight excluding hydrogens is 524 g/mol. The summed E-state index contributed by atoms with van der Waals surface area (Å²) in [6, 6.07) is 28.2. The fourth-order valence-corrected chi connectivity index (χ4v) is 4.01. The first kappa shape index (κ1) is 26.7. The van der Waals surface area contributed by atoms with E-state index in [0.29, 0.717) is 33.5 Å². The van der Waals surface area contributed by atoms with E-state index in [9.17, 15) is 19.7 Å². The lowest BCUT2D eigenvalue weighted by atomic mass is 10.0. The maximum atomic E-state index is 13.2. The number of carbonyl (C=O) groups is 2. The number of benzene rings is 4. The van der Waals surface area contributed by atoms with Crippen molar-refractivity contribution in [3.8, 4) is 22.8 Å². The quantitative estimate of drug-likeness (QED) is 0.0855. The van der Waals surface area contributed by atoms with Crippen molar-refractivity contribution in [2.45, 2.75) is 0 Å². The molecule has 0 atom stereocenters. The molecule has 0 fully saturated rings. The second-order valence-corrected chi connectivity index (χ2v) is 8.77. The number of carbonyl (C=O) groups excluding carboxylic acids is 2. The predicted molar refractivity (Wildman–Crippen MR) is 153 cm³/mol. The number of hydrogen-bond donors (Lipinski definition) is 1. The van der Waals surface area contributed by atoms with Gasteiger partial charge in [-0.15, -0.1) is 0 Å². The first-order valence-corrected chi connectivity index (χ1v) is 12.4. The van der Waals surface area contributed by atoms with Crippen LogP contribution in [0.25, 0.3) is 22.2 Å². The van der Waals surface area contributed by atoms with E-state index in [4.69, 9.17) is 14.5 Å². The van der Waals surface area contributed by atoms with Crippen LogP contribution in [0.5, 0.6) is 11.5 Å². The zero-order chi connectivity index (χ0) is 28.8. The standard InChI is InChI=1S/C31H22N4O6/c1-40-25-15-16-28-26(17-25)27(18-29(33-28)21-5-3-2-4-6-21)30(36)34-32-19-20-7-13-24(14-8-20)41-31(37)22-9-11-23(12-10-22)35(38)39/h2-19H,1H3,(H,34,36). The van der Waals surface area contributed by atoms with Gasteiger partial charge in [0.15, 0.2) is 0 Å². The van der Waals surface area contributed by atoms with Crippen molar-refractivity contribution in [3.63, 3.8) is 0 Å². The molecule has 0 spiro atoms. The summed E-state index contributed by atoms with van der Waals surface area (Å²) in [5.41, 5.74) is 5.82. The van der Waals surface area contributed by atoms with E-state index < -0.39 is 16.8 Å². The van der Waals surface area contributed by atoms with Crippen LogP contribution in [0.2, 0.25) is 0 Å². The van der Waals surface area contributed by atoms with Crippen molar-refractivity contribution in [2.24, 2.45) is 5.10 Å². The van der Waals surface area contributed by atoms with Gasteiger partial charge in [-0.1, -0.05) is 30.3 Å². The Balaban J connectivity index is 1.29. The lowest BCUT2D eigenvalue weighted by Crippen LogP contribution is -2.18. The summed E-state index contributed by atoms with van der Waals surface area (Å²) < 4.78 is 10.7. The molecule has 0 unspecified atom stereocenters.